The van der Waals surface area contributed by atoms with Crippen LogP contribution in [-0.2, 0) is 17.8 Å². The summed E-state index contributed by atoms with van der Waals surface area (Å²) in [6.45, 7) is 5.62. The van der Waals surface area contributed by atoms with Gasteiger partial charge in [0.15, 0.2) is 0 Å². The molecule has 1 N–H and O–H groups in total. The molecule has 0 spiro atoms. The highest BCUT2D eigenvalue weighted by molar-refractivity contribution is 5.95. The molecule has 0 aliphatic heterocycles. The molecule has 0 atom stereocenters. The molecule has 2 heterocycles. The number of aromatic nitrogens is 2. The normalized spacial score (nSPS) is 11.2. The van der Waals surface area contributed by atoms with Gasteiger partial charge in [0.1, 0.15) is 0 Å². The summed E-state index contributed by atoms with van der Waals surface area (Å²) in [6, 6.07) is 22.4. The predicted molar refractivity (Wildman–Crippen MR) is 122 cm³/mol. The van der Waals surface area contributed by atoms with E-state index in [4.69, 9.17) is 0 Å². The van der Waals surface area contributed by atoms with E-state index in [-0.39, 0.29) is 5.91 Å². The van der Waals surface area contributed by atoms with Crippen LogP contribution in [0.1, 0.15) is 25.0 Å². The lowest BCUT2D eigenvalue weighted by Crippen LogP contribution is -2.35. The Bertz CT molecular complexity index is 1120. The number of nitrogens with one attached hydrogen (secondary N) is 1. The van der Waals surface area contributed by atoms with Gasteiger partial charge >= 0.3 is 0 Å². The van der Waals surface area contributed by atoms with Crippen LogP contribution < -0.4 is 0 Å². The van der Waals surface area contributed by atoms with Crippen LogP contribution in [0.2, 0.25) is 0 Å². The number of rotatable bonds is 7. The summed E-state index contributed by atoms with van der Waals surface area (Å²) in [5.74, 6) is 0.537. The van der Waals surface area contributed by atoms with E-state index in [1.165, 1.54) is 0 Å². The van der Waals surface area contributed by atoms with Gasteiger partial charge in [0.2, 0.25) is 5.91 Å². The van der Waals surface area contributed by atoms with E-state index in [1.807, 2.05) is 47.4 Å². The van der Waals surface area contributed by atoms with Gasteiger partial charge in [-0.15, -0.1) is 0 Å². The Morgan fingerprint density at radius 3 is 2.40 bits per heavy atom. The van der Waals surface area contributed by atoms with Gasteiger partial charge in [0.05, 0.1) is 12.1 Å². The molecule has 4 aromatic rings. The highest BCUT2D eigenvalue weighted by Gasteiger charge is 2.21. The Hall–Kier alpha value is -3.40. The summed E-state index contributed by atoms with van der Waals surface area (Å²) in [6.07, 6.45) is 3.92. The van der Waals surface area contributed by atoms with Crippen molar-refractivity contribution in [2.24, 2.45) is 5.92 Å². The lowest BCUT2D eigenvalue weighted by molar-refractivity contribution is -0.131. The van der Waals surface area contributed by atoms with Crippen molar-refractivity contribution in [3.63, 3.8) is 0 Å². The quantitative estimate of drug-likeness (QED) is 0.450. The Kier molecular flexibility index (Phi) is 5.94. The lowest BCUT2D eigenvalue weighted by Gasteiger charge is -2.25. The zero-order chi connectivity index (χ0) is 20.9. The molecule has 0 bridgehead atoms. The van der Waals surface area contributed by atoms with E-state index >= 15 is 0 Å². The van der Waals surface area contributed by atoms with Crippen molar-refractivity contribution in [1.82, 2.24) is 14.9 Å². The summed E-state index contributed by atoms with van der Waals surface area (Å²) in [5, 5.41) is 1.11. The molecule has 0 aliphatic carbocycles. The molecule has 4 rings (SSSR count). The van der Waals surface area contributed by atoms with Crippen LogP contribution in [0.5, 0.6) is 0 Å². The second kappa shape index (κ2) is 8.95. The highest BCUT2D eigenvalue weighted by Crippen LogP contribution is 2.31. The summed E-state index contributed by atoms with van der Waals surface area (Å²) in [5.41, 5.74) is 5.34. The van der Waals surface area contributed by atoms with Gasteiger partial charge in [-0.2, -0.15) is 0 Å². The number of carbonyl (C=O) groups is 1. The van der Waals surface area contributed by atoms with E-state index < -0.39 is 0 Å². The highest BCUT2D eigenvalue weighted by atomic mass is 16.2. The standard InChI is InChI=1S/C26H27N3O/c1-19(2)17-29(18-20-12-14-27-15-13-20)25(30)16-23-22-10-6-7-11-24(22)28-26(23)21-8-4-3-5-9-21/h3-15,19,28H,16-18H2,1-2H3. The molecule has 0 saturated heterocycles. The largest absolute Gasteiger partial charge is 0.354 e. The fourth-order valence-corrected chi connectivity index (χ4v) is 3.90. The molecule has 2 aromatic heterocycles. The van der Waals surface area contributed by atoms with E-state index in [2.05, 4.69) is 48.1 Å². The molecule has 4 nitrogen and oxygen atoms in total. The van der Waals surface area contributed by atoms with E-state index in [9.17, 15) is 4.79 Å². The number of nitrogens with zero attached hydrogens (tertiary/aromatic N) is 2. The van der Waals surface area contributed by atoms with Crippen molar-refractivity contribution in [2.75, 3.05) is 6.54 Å². The SMILES string of the molecule is CC(C)CN(Cc1ccncc1)C(=O)Cc1c(-c2ccccc2)[nH]c2ccccc12. The zero-order valence-electron chi connectivity index (χ0n) is 17.5. The van der Waals surface area contributed by atoms with Crippen LogP contribution in [0.4, 0.5) is 0 Å². The molecule has 0 radical (unpaired) electrons. The molecule has 0 saturated carbocycles. The van der Waals surface area contributed by atoms with Crippen LogP contribution in [0.3, 0.4) is 0 Å². The summed E-state index contributed by atoms with van der Waals surface area (Å²) in [4.78, 5) is 23.1. The van der Waals surface area contributed by atoms with Crippen molar-refractivity contribution >= 4 is 16.8 Å². The van der Waals surface area contributed by atoms with Crippen molar-refractivity contribution in [3.05, 3.63) is 90.3 Å². The molecule has 2 aromatic carbocycles. The Balaban J connectivity index is 1.68. The Morgan fingerprint density at radius 1 is 0.967 bits per heavy atom. The molecular weight excluding hydrogens is 370 g/mol. The molecule has 0 aliphatic rings. The maximum atomic E-state index is 13.5. The van der Waals surface area contributed by atoms with Crippen LogP contribution in [0, 0.1) is 5.92 Å². The minimum atomic E-state index is 0.141. The van der Waals surface area contributed by atoms with Crippen LogP contribution >= 0.6 is 0 Å². The first-order valence-electron chi connectivity index (χ1n) is 10.4. The molecule has 152 valence electrons. The van der Waals surface area contributed by atoms with Crippen LogP contribution in [0.25, 0.3) is 22.2 Å². The number of hydrogen-bond acceptors (Lipinski definition) is 2. The number of amides is 1. The monoisotopic (exact) mass is 397 g/mol. The zero-order valence-corrected chi connectivity index (χ0v) is 17.5. The molecule has 4 heteroatoms. The van der Waals surface area contributed by atoms with Gasteiger partial charge in [0.25, 0.3) is 0 Å². The number of aromatic amines is 1. The fourth-order valence-electron chi connectivity index (χ4n) is 3.90. The first-order chi connectivity index (χ1) is 14.6. The van der Waals surface area contributed by atoms with Crippen LogP contribution in [-0.4, -0.2) is 27.3 Å². The number of pyridine rings is 1. The third kappa shape index (κ3) is 4.43. The van der Waals surface area contributed by atoms with Gasteiger partial charge in [-0.25, -0.2) is 0 Å². The third-order valence-electron chi connectivity index (χ3n) is 5.27. The van der Waals surface area contributed by atoms with E-state index in [0.717, 1.165) is 39.8 Å². The van der Waals surface area contributed by atoms with Gasteiger partial charge in [-0.1, -0.05) is 62.4 Å². The fraction of sp³-hybridized carbons (Fsp3) is 0.231. The predicted octanol–water partition coefficient (Wildman–Crippen LogP) is 5.46. The molecule has 30 heavy (non-hydrogen) atoms. The van der Waals surface area contributed by atoms with Crippen molar-refractivity contribution in [1.29, 1.82) is 0 Å². The average molecular weight is 398 g/mol. The third-order valence-corrected chi connectivity index (χ3v) is 5.27. The first kappa shape index (κ1) is 19.9. The summed E-state index contributed by atoms with van der Waals surface area (Å²) < 4.78 is 0. The topological polar surface area (TPSA) is 49.0 Å². The Morgan fingerprint density at radius 2 is 1.67 bits per heavy atom. The van der Waals surface area contributed by atoms with Crippen molar-refractivity contribution in [3.8, 4) is 11.3 Å². The maximum absolute atomic E-state index is 13.5. The molecule has 0 fully saturated rings. The van der Waals surface area contributed by atoms with Gasteiger partial charge in [-0.05, 0) is 40.8 Å². The number of fused-ring (bicyclic) bond motifs is 1. The molecular formula is C26H27N3O. The average Bonchev–Trinajstić information content (AvgIpc) is 3.13. The van der Waals surface area contributed by atoms with E-state index in [1.54, 1.807) is 12.4 Å². The number of carbonyl (C=O) groups excluding carboxylic acids is 1. The number of H-pyrrole nitrogens is 1. The summed E-state index contributed by atoms with van der Waals surface area (Å²) >= 11 is 0. The second-order valence-corrected chi connectivity index (χ2v) is 8.09. The maximum Gasteiger partial charge on any atom is 0.227 e. The lowest BCUT2D eigenvalue weighted by atomic mass is 10.0. The van der Waals surface area contributed by atoms with Gasteiger partial charge in [-0.3, -0.25) is 9.78 Å². The van der Waals surface area contributed by atoms with Crippen molar-refractivity contribution in [2.45, 2.75) is 26.8 Å². The van der Waals surface area contributed by atoms with E-state index in [0.29, 0.717) is 18.9 Å². The number of para-hydroxylation sites is 1. The number of benzene rings is 2. The molecule has 1 amide bonds. The smallest absolute Gasteiger partial charge is 0.227 e. The van der Waals surface area contributed by atoms with Gasteiger partial charge in [0, 0.05) is 36.4 Å². The van der Waals surface area contributed by atoms with Crippen LogP contribution in [0.15, 0.2) is 79.1 Å². The molecule has 0 unspecified atom stereocenters. The first-order valence-corrected chi connectivity index (χ1v) is 10.4. The minimum absolute atomic E-state index is 0.141. The Labute approximate surface area is 177 Å². The number of hydrogen-bond donors (Lipinski definition) is 1. The second-order valence-electron chi connectivity index (χ2n) is 8.09. The minimum Gasteiger partial charge on any atom is -0.354 e. The van der Waals surface area contributed by atoms with Crippen molar-refractivity contribution < 1.29 is 4.79 Å². The summed E-state index contributed by atoms with van der Waals surface area (Å²) in [7, 11) is 0. The van der Waals surface area contributed by atoms with Gasteiger partial charge < -0.3 is 9.88 Å².